The van der Waals surface area contributed by atoms with Crippen molar-refractivity contribution in [3.63, 3.8) is 0 Å². The molecule has 0 aliphatic carbocycles. The maximum Gasteiger partial charge on any atom is 0.224 e. The molecule has 0 radical (unpaired) electrons. The van der Waals surface area contributed by atoms with Gasteiger partial charge in [0.05, 0.1) is 6.26 Å². The lowest BCUT2D eigenvalue weighted by Crippen LogP contribution is -2.49. The van der Waals surface area contributed by atoms with Crippen molar-refractivity contribution in [1.82, 2.24) is 9.62 Å². The number of hydrogen-bond donors (Lipinski definition) is 1. The zero-order valence-corrected chi connectivity index (χ0v) is 13.9. The first-order valence-electron chi connectivity index (χ1n) is 7.52. The summed E-state index contributed by atoms with van der Waals surface area (Å²) in [5, 5.41) is 2.83. The van der Waals surface area contributed by atoms with E-state index in [1.165, 1.54) is 16.6 Å². The molecule has 126 valence electrons. The van der Waals surface area contributed by atoms with Crippen molar-refractivity contribution in [2.24, 2.45) is 0 Å². The maximum atomic E-state index is 13.4. The molecule has 0 spiro atoms. The summed E-state index contributed by atoms with van der Waals surface area (Å²) in [6.45, 7) is 0.806. The topological polar surface area (TPSA) is 66.5 Å². The first-order chi connectivity index (χ1) is 10.9. The van der Waals surface area contributed by atoms with Crippen LogP contribution in [0.4, 0.5) is 4.39 Å². The minimum Gasteiger partial charge on any atom is -0.352 e. The highest BCUT2D eigenvalue weighted by molar-refractivity contribution is 7.88. The number of piperidine rings is 1. The molecule has 1 aliphatic heterocycles. The zero-order chi connectivity index (χ0) is 16.9. The van der Waals surface area contributed by atoms with E-state index < -0.39 is 10.0 Å². The first kappa shape index (κ1) is 17.6. The van der Waals surface area contributed by atoms with Crippen LogP contribution < -0.4 is 5.32 Å². The predicted octanol–water partition coefficient (Wildman–Crippen LogP) is 1.77. The van der Waals surface area contributed by atoms with E-state index in [2.05, 4.69) is 5.32 Å². The van der Waals surface area contributed by atoms with Gasteiger partial charge < -0.3 is 5.32 Å². The van der Waals surface area contributed by atoms with Crippen molar-refractivity contribution in [3.05, 3.63) is 41.7 Å². The van der Waals surface area contributed by atoms with Gasteiger partial charge in [-0.05, 0) is 18.9 Å². The number of carbonyl (C=O) groups excluding carboxylic acids is 1. The van der Waals surface area contributed by atoms with Crippen LogP contribution in [0.2, 0.25) is 0 Å². The molecule has 1 saturated heterocycles. The number of amides is 1. The van der Waals surface area contributed by atoms with Crippen molar-refractivity contribution < 1.29 is 17.6 Å². The molecule has 0 aromatic heterocycles. The molecule has 1 heterocycles. The lowest BCUT2D eigenvalue weighted by atomic mass is 10.1. The highest BCUT2D eigenvalue weighted by atomic mass is 32.2. The Labute approximate surface area is 136 Å². The summed E-state index contributed by atoms with van der Waals surface area (Å²) in [7, 11) is -3.23. The summed E-state index contributed by atoms with van der Waals surface area (Å²) in [4.78, 5) is 11.9. The van der Waals surface area contributed by atoms with Crippen LogP contribution in [0.25, 0.3) is 6.08 Å². The fraction of sp³-hybridized carbons (Fsp3) is 0.438. The van der Waals surface area contributed by atoms with E-state index in [9.17, 15) is 17.6 Å². The van der Waals surface area contributed by atoms with Crippen LogP contribution in [0.15, 0.2) is 30.3 Å². The molecule has 5 nitrogen and oxygen atoms in total. The average molecular weight is 340 g/mol. The smallest absolute Gasteiger partial charge is 0.224 e. The second-order valence-electron chi connectivity index (χ2n) is 5.66. The molecule has 1 aromatic carbocycles. The molecule has 0 bridgehead atoms. The number of hydrogen-bond acceptors (Lipinski definition) is 3. The monoisotopic (exact) mass is 340 g/mol. The van der Waals surface area contributed by atoms with E-state index in [0.29, 0.717) is 18.7 Å². The van der Waals surface area contributed by atoms with Crippen molar-refractivity contribution in [1.29, 1.82) is 0 Å². The number of carbonyl (C=O) groups is 1. The third-order valence-electron chi connectivity index (χ3n) is 3.72. The van der Waals surface area contributed by atoms with Gasteiger partial charge in [-0.3, -0.25) is 4.79 Å². The average Bonchev–Trinajstić information content (AvgIpc) is 2.48. The number of benzene rings is 1. The van der Waals surface area contributed by atoms with Crippen LogP contribution in [-0.2, 0) is 14.8 Å². The van der Waals surface area contributed by atoms with Crippen molar-refractivity contribution in [2.75, 3.05) is 19.3 Å². The van der Waals surface area contributed by atoms with Gasteiger partial charge in [-0.1, -0.05) is 30.4 Å². The quantitative estimate of drug-likeness (QED) is 0.888. The highest BCUT2D eigenvalue weighted by Crippen LogP contribution is 2.13. The third kappa shape index (κ3) is 5.44. The van der Waals surface area contributed by atoms with Gasteiger partial charge >= 0.3 is 0 Å². The lowest BCUT2D eigenvalue weighted by Gasteiger charge is -2.31. The first-order valence-corrected chi connectivity index (χ1v) is 9.36. The molecule has 1 aromatic rings. The predicted molar refractivity (Wildman–Crippen MR) is 87.6 cm³/mol. The molecular formula is C16H21FN2O3S. The molecule has 23 heavy (non-hydrogen) atoms. The van der Waals surface area contributed by atoms with E-state index in [1.54, 1.807) is 30.4 Å². The minimum absolute atomic E-state index is 0.129. The van der Waals surface area contributed by atoms with E-state index in [-0.39, 0.29) is 24.2 Å². The fourth-order valence-corrected chi connectivity index (χ4v) is 3.46. The van der Waals surface area contributed by atoms with Crippen molar-refractivity contribution in [2.45, 2.75) is 25.3 Å². The second kappa shape index (κ2) is 7.70. The molecule has 0 unspecified atom stereocenters. The summed E-state index contributed by atoms with van der Waals surface area (Å²) in [6.07, 6.45) is 5.96. The van der Waals surface area contributed by atoms with Crippen LogP contribution in [0.5, 0.6) is 0 Å². The molecule has 1 amide bonds. The summed E-state index contributed by atoms with van der Waals surface area (Å²) in [5.74, 6) is -0.529. The highest BCUT2D eigenvalue weighted by Gasteiger charge is 2.26. The van der Waals surface area contributed by atoms with Gasteiger partial charge in [0.15, 0.2) is 0 Å². The van der Waals surface area contributed by atoms with Gasteiger partial charge in [0, 0.05) is 31.1 Å². The standard InChI is InChI=1S/C16H21FN2O3S/c1-23(21,22)19-11-5-8-14(12-19)18-16(20)10-4-7-13-6-2-3-9-15(13)17/h2-4,6-7,9,14H,5,8,10-12H2,1H3,(H,18,20)/b7-4+/t14-/m1/s1. The Hall–Kier alpha value is -1.73. The second-order valence-corrected chi connectivity index (χ2v) is 7.64. The Balaban J connectivity index is 1.84. The number of nitrogens with zero attached hydrogens (tertiary/aromatic N) is 1. The Morgan fingerprint density at radius 1 is 1.43 bits per heavy atom. The number of sulfonamides is 1. The SMILES string of the molecule is CS(=O)(=O)N1CCC[C@@H](NC(=O)C/C=C/c2ccccc2F)C1. The van der Waals surface area contributed by atoms with E-state index in [4.69, 9.17) is 0 Å². The molecular weight excluding hydrogens is 319 g/mol. The Kier molecular flexibility index (Phi) is 5.90. The van der Waals surface area contributed by atoms with Crippen LogP contribution in [-0.4, -0.2) is 44.0 Å². The summed E-state index contributed by atoms with van der Waals surface area (Å²) in [5.41, 5.74) is 0.432. The van der Waals surface area contributed by atoms with Gasteiger partial charge in [-0.25, -0.2) is 17.1 Å². The van der Waals surface area contributed by atoms with Gasteiger partial charge in [0.2, 0.25) is 15.9 Å². The molecule has 0 saturated carbocycles. The molecule has 7 heteroatoms. The summed E-state index contributed by atoms with van der Waals surface area (Å²) in [6, 6.07) is 6.16. The van der Waals surface area contributed by atoms with Crippen LogP contribution in [0.3, 0.4) is 0 Å². The number of halogens is 1. The molecule has 1 atom stereocenters. The van der Waals surface area contributed by atoms with Crippen LogP contribution >= 0.6 is 0 Å². The minimum atomic E-state index is -3.23. The van der Waals surface area contributed by atoms with Crippen molar-refractivity contribution in [3.8, 4) is 0 Å². The van der Waals surface area contributed by atoms with E-state index >= 15 is 0 Å². The maximum absolute atomic E-state index is 13.4. The molecule has 2 rings (SSSR count). The normalized spacial score (nSPS) is 19.8. The third-order valence-corrected chi connectivity index (χ3v) is 4.99. The van der Waals surface area contributed by atoms with Crippen molar-refractivity contribution >= 4 is 22.0 Å². The summed E-state index contributed by atoms with van der Waals surface area (Å²) >= 11 is 0. The molecule has 1 aliphatic rings. The van der Waals surface area contributed by atoms with E-state index in [0.717, 1.165) is 12.8 Å². The molecule has 1 fully saturated rings. The summed E-state index contributed by atoms with van der Waals surface area (Å²) < 4.78 is 37.9. The Morgan fingerprint density at radius 3 is 2.87 bits per heavy atom. The fourth-order valence-electron chi connectivity index (χ4n) is 2.55. The Morgan fingerprint density at radius 2 is 2.17 bits per heavy atom. The Bertz CT molecular complexity index is 688. The number of rotatable bonds is 5. The number of nitrogens with one attached hydrogen (secondary N) is 1. The van der Waals surface area contributed by atoms with E-state index in [1.807, 2.05) is 0 Å². The van der Waals surface area contributed by atoms with Crippen LogP contribution in [0.1, 0.15) is 24.8 Å². The van der Waals surface area contributed by atoms with Gasteiger partial charge in [0.25, 0.3) is 0 Å². The van der Waals surface area contributed by atoms with Gasteiger partial charge in [-0.15, -0.1) is 0 Å². The molecule has 1 N–H and O–H groups in total. The van der Waals surface area contributed by atoms with Gasteiger partial charge in [0.1, 0.15) is 5.82 Å². The largest absolute Gasteiger partial charge is 0.352 e. The van der Waals surface area contributed by atoms with Crippen LogP contribution in [0, 0.1) is 5.82 Å². The van der Waals surface area contributed by atoms with Gasteiger partial charge in [-0.2, -0.15) is 0 Å². The lowest BCUT2D eigenvalue weighted by molar-refractivity contribution is -0.121. The zero-order valence-electron chi connectivity index (χ0n) is 13.0.